The number of rotatable bonds is 5. The van der Waals surface area contributed by atoms with Gasteiger partial charge in [0.25, 0.3) is 0 Å². The zero-order valence-electron chi connectivity index (χ0n) is 15.2. The predicted octanol–water partition coefficient (Wildman–Crippen LogP) is 3.01. The van der Waals surface area contributed by atoms with Crippen molar-refractivity contribution in [3.8, 4) is 17.6 Å². The van der Waals surface area contributed by atoms with Gasteiger partial charge in [0.1, 0.15) is 28.6 Å². The quantitative estimate of drug-likeness (QED) is 0.871. The topological polar surface area (TPSA) is 88.8 Å². The van der Waals surface area contributed by atoms with Gasteiger partial charge >= 0.3 is 0 Å². The third kappa shape index (κ3) is 2.68. The molecule has 0 spiro atoms. The highest BCUT2D eigenvalue weighted by atomic mass is 16.5. The number of Topliss-reactive ketones (excluding diaryl/α,β-unsaturated/α-hetero) is 1. The largest absolute Gasteiger partial charge is 0.507 e. The van der Waals surface area contributed by atoms with E-state index in [0.717, 1.165) is 0 Å². The molecule has 4 atom stereocenters. The number of nitrogens with zero attached hydrogens (tertiary/aromatic N) is 1. The van der Waals surface area contributed by atoms with Crippen molar-refractivity contribution in [2.24, 2.45) is 5.41 Å². The van der Waals surface area contributed by atoms with E-state index in [4.69, 9.17) is 14.2 Å². The fourth-order valence-corrected chi connectivity index (χ4v) is 3.95. The smallest absolute Gasteiger partial charge is 0.186 e. The number of aromatic hydroxyl groups is 1. The first kappa shape index (κ1) is 18.4. The normalized spacial score (nSPS) is 28.2. The van der Waals surface area contributed by atoms with Crippen LogP contribution >= 0.6 is 0 Å². The molecule has 6 nitrogen and oxygen atoms in total. The van der Waals surface area contributed by atoms with Crippen molar-refractivity contribution in [2.45, 2.75) is 45.5 Å². The average molecular weight is 357 g/mol. The summed E-state index contributed by atoms with van der Waals surface area (Å²) in [7, 11) is 0. The van der Waals surface area contributed by atoms with Gasteiger partial charge in [0.15, 0.2) is 5.78 Å². The van der Waals surface area contributed by atoms with Gasteiger partial charge in [0, 0.05) is 19.6 Å². The lowest BCUT2D eigenvalue weighted by atomic mass is 9.64. The van der Waals surface area contributed by atoms with Crippen LogP contribution in [0.25, 0.3) is 0 Å². The lowest BCUT2D eigenvalue weighted by Crippen LogP contribution is -2.58. The summed E-state index contributed by atoms with van der Waals surface area (Å²) in [5, 5.41) is 19.9. The summed E-state index contributed by atoms with van der Waals surface area (Å²) in [6, 6.07) is 6.93. The second-order valence-corrected chi connectivity index (χ2v) is 6.51. The Morgan fingerprint density at radius 3 is 2.85 bits per heavy atom. The van der Waals surface area contributed by atoms with Crippen LogP contribution in [-0.4, -0.2) is 42.4 Å². The highest BCUT2D eigenvalue weighted by Gasteiger charge is 2.58. The summed E-state index contributed by atoms with van der Waals surface area (Å²) in [6.45, 7) is 6.38. The van der Waals surface area contributed by atoms with E-state index in [2.05, 4.69) is 6.07 Å². The number of carbonyl (C=O) groups excluding carboxylic acids is 1. The van der Waals surface area contributed by atoms with Gasteiger partial charge < -0.3 is 19.3 Å². The van der Waals surface area contributed by atoms with Gasteiger partial charge in [-0.3, -0.25) is 4.79 Å². The first-order chi connectivity index (χ1) is 12.5. The van der Waals surface area contributed by atoms with Crippen LogP contribution in [0.2, 0.25) is 0 Å². The molecule has 1 aliphatic carbocycles. The number of ether oxygens (including phenoxy) is 3. The number of nitriles is 1. The highest BCUT2D eigenvalue weighted by molar-refractivity contribution is 6.08. The van der Waals surface area contributed by atoms with Gasteiger partial charge in [-0.25, -0.2) is 0 Å². The molecule has 1 aliphatic heterocycles. The maximum absolute atomic E-state index is 13.5. The summed E-state index contributed by atoms with van der Waals surface area (Å²) in [5.74, 6) is -0.0678. The molecule has 1 aromatic carbocycles. The Hall–Kier alpha value is -2.36. The Bertz CT molecular complexity index is 781. The number of fused-ring (bicyclic) bond motifs is 2. The maximum Gasteiger partial charge on any atom is 0.186 e. The molecule has 1 N–H and O–H groups in total. The van der Waals surface area contributed by atoms with Gasteiger partial charge in [-0.1, -0.05) is 6.07 Å². The van der Waals surface area contributed by atoms with Crippen LogP contribution in [0.4, 0.5) is 0 Å². The molecule has 0 saturated heterocycles. The first-order valence-electron chi connectivity index (χ1n) is 8.89. The summed E-state index contributed by atoms with van der Waals surface area (Å²) >= 11 is 0. The van der Waals surface area contributed by atoms with Crippen LogP contribution < -0.4 is 4.74 Å². The second-order valence-electron chi connectivity index (χ2n) is 6.51. The van der Waals surface area contributed by atoms with Crippen molar-refractivity contribution in [2.75, 3.05) is 13.2 Å². The van der Waals surface area contributed by atoms with Gasteiger partial charge in [-0.15, -0.1) is 0 Å². The minimum atomic E-state index is -1.18. The van der Waals surface area contributed by atoms with E-state index < -0.39 is 23.7 Å². The molecule has 0 aromatic heterocycles. The molecule has 0 fully saturated rings. The number of carbonyl (C=O) groups is 1. The minimum absolute atomic E-state index is 0.132. The highest BCUT2D eigenvalue weighted by Crippen LogP contribution is 2.50. The van der Waals surface area contributed by atoms with Crippen LogP contribution in [0.15, 0.2) is 29.8 Å². The molecule has 0 bridgehead atoms. The third-order valence-corrected chi connectivity index (χ3v) is 5.18. The lowest BCUT2D eigenvalue weighted by Gasteiger charge is -2.48. The van der Waals surface area contributed by atoms with Crippen LogP contribution in [0.1, 0.15) is 37.6 Å². The molecule has 2 unspecified atom stereocenters. The van der Waals surface area contributed by atoms with Gasteiger partial charge in [0.2, 0.25) is 0 Å². The number of hydrogen-bond donors (Lipinski definition) is 1. The Morgan fingerprint density at radius 2 is 2.19 bits per heavy atom. The zero-order chi connectivity index (χ0) is 18.9. The van der Waals surface area contributed by atoms with Gasteiger partial charge in [0.05, 0.1) is 23.9 Å². The van der Waals surface area contributed by atoms with Crippen LogP contribution in [0.3, 0.4) is 0 Å². The molecular weight excluding hydrogens is 334 g/mol. The van der Waals surface area contributed by atoms with Crippen LogP contribution in [0, 0.1) is 16.7 Å². The average Bonchev–Trinajstić information content (AvgIpc) is 2.62. The Morgan fingerprint density at radius 1 is 1.42 bits per heavy atom. The first-order valence-corrected chi connectivity index (χ1v) is 8.89. The van der Waals surface area contributed by atoms with E-state index in [1.807, 2.05) is 13.8 Å². The maximum atomic E-state index is 13.5. The standard InChI is InChI=1S/C20H23NO5/c1-4-24-12(3)20-10-13(11-21)16(25-5-2)9-17(20)26-15-8-6-7-14(22)18(15)19(20)23/h6-8,10,12,16-17,22H,4-5,9H2,1-3H3/t12?,16-,17+,20?/m0/s1. The van der Waals surface area contributed by atoms with E-state index in [9.17, 15) is 15.2 Å². The van der Waals surface area contributed by atoms with Crippen LogP contribution in [0.5, 0.6) is 11.5 Å². The van der Waals surface area contributed by atoms with Crippen molar-refractivity contribution < 1.29 is 24.1 Å². The zero-order valence-corrected chi connectivity index (χ0v) is 15.2. The molecule has 138 valence electrons. The molecule has 26 heavy (non-hydrogen) atoms. The molecule has 0 saturated carbocycles. The predicted molar refractivity (Wildman–Crippen MR) is 94.1 cm³/mol. The molecule has 3 rings (SSSR count). The van der Waals surface area contributed by atoms with Gasteiger partial charge in [-0.05, 0) is 39.0 Å². The fraction of sp³-hybridized carbons (Fsp3) is 0.500. The summed E-state index contributed by atoms with van der Waals surface area (Å²) in [5.41, 5.74) is -0.648. The molecule has 1 aromatic rings. The van der Waals surface area contributed by atoms with Crippen molar-refractivity contribution >= 4 is 5.78 Å². The molecule has 1 heterocycles. The lowest BCUT2D eigenvalue weighted by molar-refractivity contribution is -0.0691. The number of ketones is 1. The minimum Gasteiger partial charge on any atom is -0.507 e. The van der Waals surface area contributed by atoms with E-state index in [-0.39, 0.29) is 17.1 Å². The van der Waals surface area contributed by atoms with E-state index in [0.29, 0.717) is 31.0 Å². The number of phenols is 1. The summed E-state index contributed by atoms with van der Waals surface area (Å²) < 4.78 is 17.6. The monoisotopic (exact) mass is 357 g/mol. The summed E-state index contributed by atoms with van der Waals surface area (Å²) in [4.78, 5) is 13.5. The van der Waals surface area contributed by atoms with Gasteiger partial charge in [-0.2, -0.15) is 5.26 Å². The number of hydrogen-bond acceptors (Lipinski definition) is 6. The van der Waals surface area contributed by atoms with E-state index in [1.165, 1.54) is 6.07 Å². The van der Waals surface area contributed by atoms with Crippen LogP contribution in [-0.2, 0) is 9.47 Å². The molecular formula is C20H23NO5. The Labute approximate surface area is 153 Å². The summed E-state index contributed by atoms with van der Waals surface area (Å²) in [6.07, 6.45) is 0.511. The van der Waals surface area contributed by atoms with Crippen molar-refractivity contribution in [1.82, 2.24) is 0 Å². The number of phenolic OH excluding ortho intramolecular Hbond substituents is 1. The Balaban J connectivity index is 2.19. The third-order valence-electron chi connectivity index (χ3n) is 5.18. The fourth-order valence-electron chi connectivity index (χ4n) is 3.95. The molecule has 0 radical (unpaired) electrons. The number of benzene rings is 1. The SMILES string of the molecule is CCOC(C)C12C=C(C#N)[C@@H](OCC)C[C@H]1Oc1cccc(O)c1C2=O. The van der Waals surface area contributed by atoms with E-state index in [1.54, 1.807) is 25.1 Å². The van der Waals surface area contributed by atoms with E-state index >= 15 is 0 Å². The van der Waals surface area contributed by atoms with Crippen molar-refractivity contribution in [3.63, 3.8) is 0 Å². The Kier molecular flexibility index (Phi) is 5.03. The van der Waals surface area contributed by atoms with Crippen molar-refractivity contribution in [3.05, 3.63) is 35.4 Å². The second kappa shape index (κ2) is 7.10. The molecule has 0 amide bonds. The molecule has 6 heteroatoms. The van der Waals surface area contributed by atoms with Crippen molar-refractivity contribution in [1.29, 1.82) is 5.26 Å². The molecule has 2 aliphatic rings.